The highest BCUT2D eigenvalue weighted by Gasteiger charge is 2.25. The van der Waals surface area contributed by atoms with E-state index in [4.69, 9.17) is 0 Å². The third-order valence-corrected chi connectivity index (χ3v) is 5.05. The maximum atomic E-state index is 12.7. The number of aryl methyl sites for hydroxylation is 1. The van der Waals surface area contributed by atoms with Gasteiger partial charge >= 0.3 is 0 Å². The lowest BCUT2D eigenvalue weighted by atomic mass is 10.1. The van der Waals surface area contributed by atoms with Crippen LogP contribution in [0.5, 0.6) is 0 Å². The molecule has 0 bridgehead atoms. The van der Waals surface area contributed by atoms with Crippen molar-refractivity contribution in [3.8, 4) is 0 Å². The van der Waals surface area contributed by atoms with Crippen molar-refractivity contribution in [3.05, 3.63) is 59.7 Å². The first kappa shape index (κ1) is 22.5. The molecule has 0 aliphatic heterocycles. The number of rotatable bonds is 10. The van der Waals surface area contributed by atoms with Gasteiger partial charge in [-0.15, -0.1) is 0 Å². The Bertz CT molecular complexity index is 940. The summed E-state index contributed by atoms with van der Waals surface area (Å²) in [6.45, 7) is 4.72. The van der Waals surface area contributed by atoms with E-state index in [1.165, 1.54) is 0 Å². The number of amides is 3. The summed E-state index contributed by atoms with van der Waals surface area (Å²) in [7, 11) is 0. The van der Waals surface area contributed by atoms with Gasteiger partial charge < -0.3 is 16.0 Å². The summed E-state index contributed by atoms with van der Waals surface area (Å²) in [4.78, 5) is 39.4. The summed E-state index contributed by atoms with van der Waals surface area (Å²) in [5, 5.41) is 8.68. The summed E-state index contributed by atoms with van der Waals surface area (Å²) >= 11 is 0. The van der Waals surface area contributed by atoms with E-state index in [-0.39, 0.29) is 36.9 Å². The predicted molar refractivity (Wildman–Crippen MR) is 122 cm³/mol. The van der Waals surface area contributed by atoms with Crippen LogP contribution in [-0.2, 0) is 9.59 Å². The SMILES string of the molecule is CCCN(CC(=O)Nc1ccccc1C)CC(=O)Nc1ccccc1C(=O)NC1CC1. The van der Waals surface area contributed by atoms with E-state index in [1.54, 1.807) is 29.2 Å². The minimum Gasteiger partial charge on any atom is -0.349 e. The van der Waals surface area contributed by atoms with Gasteiger partial charge in [0.15, 0.2) is 0 Å². The Kier molecular flexibility index (Phi) is 7.78. The van der Waals surface area contributed by atoms with Gasteiger partial charge in [0.1, 0.15) is 0 Å². The van der Waals surface area contributed by atoms with Crippen LogP contribution >= 0.6 is 0 Å². The second-order valence-electron chi connectivity index (χ2n) is 7.92. The molecule has 0 spiro atoms. The monoisotopic (exact) mass is 422 g/mol. The first-order chi connectivity index (χ1) is 15.0. The fourth-order valence-electron chi connectivity index (χ4n) is 3.31. The highest BCUT2D eigenvalue weighted by Crippen LogP contribution is 2.21. The molecule has 3 amide bonds. The van der Waals surface area contributed by atoms with Crippen molar-refractivity contribution < 1.29 is 14.4 Å². The van der Waals surface area contributed by atoms with E-state index < -0.39 is 0 Å². The number of hydrogen-bond acceptors (Lipinski definition) is 4. The van der Waals surface area contributed by atoms with Gasteiger partial charge in [-0.2, -0.15) is 0 Å². The molecule has 3 rings (SSSR count). The van der Waals surface area contributed by atoms with E-state index >= 15 is 0 Å². The molecule has 0 unspecified atom stereocenters. The van der Waals surface area contributed by atoms with Crippen LogP contribution in [0.3, 0.4) is 0 Å². The maximum Gasteiger partial charge on any atom is 0.253 e. The summed E-state index contributed by atoms with van der Waals surface area (Å²) in [6, 6.07) is 14.8. The van der Waals surface area contributed by atoms with Crippen LogP contribution in [0.2, 0.25) is 0 Å². The number of hydrogen-bond donors (Lipinski definition) is 3. The van der Waals surface area contributed by atoms with Gasteiger partial charge in [0.2, 0.25) is 11.8 Å². The standard InChI is InChI=1S/C24H30N4O3/c1-3-14-28(15-22(29)26-20-10-6-4-8-17(20)2)16-23(30)27-21-11-7-5-9-19(21)24(31)25-18-12-13-18/h4-11,18H,3,12-16H2,1-2H3,(H,25,31)(H,26,29)(H,27,30). The van der Waals surface area contributed by atoms with Crippen molar-refractivity contribution in [3.63, 3.8) is 0 Å². The first-order valence-electron chi connectivity index (χ1n) is 10.7. The second-order valence-corrected chi connectivity index (χ2v) is 7.92. The van der Waals surface area contributed by atoms with Crippen LogP contribution in [0.4, 0.5) is 11.4 Å². The summed E-state index contributed by atoms with van der Waals surface area (Å²) in [5.74, 6) is -0.606. The molecule has 1 aliphatic carbocycles. The largest absolute Gasteiger partial charge is 0.349 e. The Labute approximate surface area is 183 Å². The summed E-state index contributed by atoms with van der Waals surface area (Å²) in [5.41, 5.74) is 2.68. The van der Waals surface area contributed by atoms with Gasteiger partial charge in [-0.05, 0) is 56.5 Å². The fourth-order valence-corrected chi connectivity index (χ4v) is 3.31. The lowest BCUT2D eigenvalue weighted by Crippen LogP contribution is -2.39. The molecule has 164 valence electrons. The molecule has 31 heavy (non-hydrogen) atoms. The Morgan fingerprint density at radius 2 is 1.48 bits per heavy atom. The van der Waals surface area contributed by atoms with E-state index in [1.807, 2.05) is 38.1 Å². The van der Waals surface area contributed by atoms with Gasteiger partial charge in [0.05, 0.1) is 24.3 Å². The molecule has 0 saturated heterocycles. The van der Waals surface area contributed by atoms with E-state index in [2.05, 4.69) is 16.0 Å². The number of nitrogens with one attached hydrogen (secondary N) is 3. The number of para-hydroxylation sites is 2. The molecule has 0 heterocycles. The Balaban J connectivity index is 1.58. The van der Waals surface area contributed by atoms with Crippen LogP contribution in [0.25, 0.3) is 0 Å². The van der Waals surface area contributed by atoms with Crippen molar-refractivity contribution in [1.29, 1.82) is 0 Å². The van der Waals surface area contributed by atoms with Gasteiger partial charge in [0.25, 0.3) is 5.91 Å². The number of nitrogens with zero attached hydrogens (tertiary/aromatic N) is 1. The van der Waals surface area contributed by atoms with Crippen molar-refractivity contribution in [2.24, 2.45) is 0 Å². The average Bonchev–Trinajstić information content (AvgIpc) is 3.54. The normalized spacial score (nSPS) is 13.0. The maximum absolute atomic E-state index is 12.7. The van der Waals surface area contributed by atoms with Gasteiger partial charge in [0, 0.05) is 11.7 Å². The highest BCUT2D eigenvalue weighted by atomic mass is 16.2. The third-order valence-electron chi connectivity index (χ3n) is 5.05. The molecule has 1 fully saturated rings. The molecule has 2 aromatic carbocycles. The van der Waals surface area contributed by atoms with Crippen LogP contribution < -0.4 is 16.0 Å². The van der Waals surface area contributed by atoms with Gasteiger partial charge in [-0.3, -0.25) is 19.3 Å². The van der Waals surface area contributed by atoms with Crippen molar-refractivity contribution in [1.82, 2.24) is 10.2 Å². The Morgan fingerprint density at radius 3 is 2.10 bits per heavy atom. The smallest absolute Gasteiger partial charge is 0.253 e. The van der Waals surface area contributed by atoms with Crippen molar-refractivity contribution >= 4 is 29.1 Å². The lowest BCUT2D eigenvalue weighted by Gasteiger charge is -2.21. The van der Waals surface area contributed by atoms with E-state index in [9.17, 15) is 14.4 Å². The van der Waals surface area contributed by atoms with Crippen LogP contribution in [-0.4, -0.2) is 48.3 Å². The molecule has 7 nitrogen and oxygen atoms in total. The molecule has 3 N–H and O–H groups in total. The molecule has 2 aromatic rings. The molecule has 1 aliphatic rings. The van der Waals surface area contributed by atoms with Crippen LogP contribution in [0.1, 0.15) is 42.1 Å². The van der Waals surface area contributed by atoms with E-state index in [0.717, 1.165) is 30.5 Å². The van der Waals surface area contributed by atoms with Gasteiger partial charge in [-0.25, -0.2) is 0 Å². The number of carbonyl (C=O) groups excluding carboxylic acids is 3. The Hall–Kier alpha value is -3.19. The molecule has 0 aromatic heterocycles. The minimum atomic E-state index is -0.260. The first-order valence-corrected chi connectivity index (χ1v) is 10.7. The van der Waals surface area contributed by atoms with Crippen LogP contribution in [0, 0.1) is 6.92 Å². The number of carbonyl (C=O) groups is 3. The predicted octanol–water partition coefficient (Wildman–Crippen LogP) is 3.18. The third kappa shape index (κ3) is 6.93. The average molecular weight is 423 g/mol. The second kappa shape index (κ2) is 10.7. The number of anilines is 2. The lowest BCUT2D eigenvalue weighted by molar-refractivity contribution is -0.120. The topological polar surface area (TPSA) is 90.5 Å². The van der Waals surface area contributed by atoms with Gasteiger partial charge in [-0.1, -0.05) is 37.3 Å². The van der Waals surface area contributed by atoms with Crippen molar-refractivity contribution in [2.75, 3.05) is 30.3 Å². The fraction of sp³-hybridized carbons (Fsp3) is 0.375. The zero-order valence-corrected chi connectivity index (χ0v) is 18.1. The zero-order chi connectivity index (χ0) is 22.2. The highest BCUT2D eigenvalue weighted by molar-refractivity contribution is 6.04. The molecule has 7 heteroatoms. The molecule has 0 radical (unpaired) electrons. The Morgan fingerprint density at radius 1 is 0.903 bits per heavy atom. The summed E-state index contributed by atoms with van der Waals surface area (Å²) < 4.78 is 0. The summed E-state index contributed by atoms with van der Waals surface area (Å²) in [6.07, 6.45) is 2.80. The van der Waals surface area contributed by atoms with E-state index in [0.29, 0.717) is 17.8 Å². The molecular formula is C24H30N4O3. The molecule has 1 saturated carbocycles. The molecular weight excluding hydrogens is 392 g/mol. The molecule has 0 atom stereocenters. The minimum absolute atomic E-state index is 0.0631. The quantitative estimate of drug-likeness (QED) is 0.549. The number of benzene rings is 2. The van der Waals surface area contributed by atoms with Crippen LogP contribution in [0.15, 0.2) is 48.5 Å². The van der Waals surface area contributed by atoms with Crippen molar-refractivity contribution in [2.45, 2.75) is 39.2 Å². The zero-order valence-electron chi connectivity index (χ0n) is 18.1.